The number of benzene rings is 1. The molecule has 29 heavy (non-hydrogen) atoms. The summed E-state index contributed by atoms with van der Waals surface area (Å²) in [5.74, 6) is 1.59. The third kappa shape index (κ3) is 7.81. The van der Waals surface area contributed by atoms with Crippen LogP contribution < -0.4 is 15.4 Å². The zero-order valence-electron chi connectivity index (χ0n) is 17.6. The van der Waals surface area contributed by atoms with Crippen LogP contribution in [-0.4, -0.2) is 41.1 Å². The number of hydrogen-bond acceptors (Lipinski definition) is 6. The van der Waals surface area contributed by atoms with Crippen molar-refractivity contribution in [1.82, 2.24) is 10.5 Å². The normalized spacial score (nSPS) is 12.3. The second-order valence-electron chi connectivity index (χ2n) is 7.74. The number of nitrogens with one attached hydrogen (secondary N) is 2. The van der Waals surface area contributed by atoms with E-state index in [-0.39, 0.29) is 23.0 Å². The summed E-state index contributed by atoms with van der Waals surface area (Å²) >= 11 is 1.25. The van der Waals surface area contributed by atoms with Gasteiger partial charge in [0.25, 0.3) is 0 Å². The Balaban J connectivity index is 1.62. The molecule has 0 saturated carbocycles. The lowest BCUT2D eigenvalue weighted by atomic mass is 9.87. The van der Waals surface area contributed by atoms with Gasteiger partial charge < -0.3 is 19.9 Å². The minimum Gasteiger partial charge on any atom is -0.492 e. The van der Waals surface area contributed by atoms with Gasteiger partial charge in [-0.25, -0.2) is 0 Å². The molecule has 8 heteroatoms. The molecule has 2 N–H and O–H groups in total. The van der Waals surface area contributed by atoms with E-state index in [2.05, 4.69) is 48.7 Å². The van der Waals surface area contributed by atoms with Crippen molar-refractivity contribution in [3.05, 3.63) is 41.7 Å². The van der Waals surface area contributed by atoms with Gasteiger partial charge in [0, 0.05) is 6.07 Å². The molecule has 0 fully saturated rings. The summed E-state index contributed by atoms with van der Waals surface area (Å²) in [6, 6.07) is 9.62. The topological polar surface area (TPSA) is 93.5 Å². The van der Waals surface area contributed by atoms with Crippen LogP contribution in [0.4, 0.5) is 5.82 Å². The minimum atomic E-state index is -0.393. The monoisotopic (exact) mass is 419 g/mol. The Hall–Kier alpha value is -2.48. The summed E-state index contributed by atoms with van der Waals surface area (Å²) in [6.07, 6.45) is 0. The first-order valence-corrected chi connectivity index (χ1v) is 10.6. The molecule has 1 atom stereocenters. The van der Waals surface area contributed by atoms with Crippen LogP contribution in [0.1, 0.15) is 39.0 Å². The average molecular weight is 420 g/mol. The van der Waals surface area contributed by atoms with Gasteiger partial charge in [-0.2, -0.15) is 0 Å². The maximum atomic E-state index is 12.1. The molecule has 0 bridgehead atoms. The van der Waals surface area contributed by atoms with Crippen LogP contribution in [0.15, 0.2) is 34.9 Å². The van der Waals surface area contributed by atoms with Gasteiger partial charge in [0.2, 0.25) is 11.8 Å². The number of carbonyl (C=O) groups is 2. The highest BCUT2D eigenvalue weighted by Gasteiger charge is 2.17. The molecule has 0 unspecified atom stereocenters. The Morgan fingerprint density at radius 3 is 2.52 bits per heavy atom. The second-order valence-corrected chi connectivity index (χ2v) is 9.07. The summed E-state index contributed by atoms with van der Waals surface area (Å²) in [7, 11) is 0. The second kappa shape index (κ2) is 10.3. The van der Waals surface area contributed by atoms with Gasteiger partial charge in [0.15, 0.2) is 5.82 Å². The van der Waals surface area contributed by atoms with E-state index in [0.717, 1.165) is 5.75 Å². The molecule has 1 aromatic carbocycles. The number of amides is 2. The van der Waals surface area contributed by atoms with Crippen LogP contribution in [0.3, 0.4) is 0 Å². The molecule has 1 aromatic heterocycles. The lowest BCUT2D eigenvalue weighted by Gasteiger charge is -2.19. The molecule has 2 amide bonds. The molecule has 158 valence electrons. The fourth-order valence-corrected chi connectivity index (χ4v) is 3.10. The fraction of sp³-hybridized carbons (Fsp3) is 0.476. The van der Waals surface area contributed by atoms with E-state index >= 15 is 0 Å². The van der Waals surface area contributed by atoms with Crippen LogP contribution in [0.25, 0.3) is 0 Å². The number of aromatic nitrogens is 1. The van der Waals surface area contributed by atoms with E-state index in [9.17, 15) is 9.59 Å². The van der Waals surface area contributed by atoms with Crippen molar-refractivity contribution in [2.75, 3.05) is 24.2 Å². The van der Waals surface area contributed by atoms with Crippen LogP contribution in [0, 0.1) is 6.92 Å². The largest absolute Gasteiger partial charge is 0.492 e. The first kappa shape index (κ1) is 22.8. The molecule has 2 rings (SSSR count). The van der Waals surface area contributed by atoms with Gasteiger partial charge in [-0.1, -0.05) is 38.1 Å². The van der Waals surface area contributed by atoms with Crippen molar-refractivity contribution < 1.29 is 18.8 Å². The average Bonchev–Trinajstić information content (AvgIpc) is 3.07. The van der Waals surface area contributed by atoms with Crippen LogP contribution in [0.5, 0.6) is 5.75 Å². The highest BCUT2D eigenvalue weighted by Crippen LogP contribution is 2.24. The number of aryl methyl sites for hydroxylation is 1. The Bertz CT molecular complexity index is 812. The summed E-state index contributed by atoms with van der Waals surface area (Å²) < 4.78 is 10.6. The van der Waals surface area contributed by atoms with Crippen molar-refractivity contribution in [1.29, 1.82) is 0 Å². The van der Waals surface area contributed by atoms with Crippen LogP contribution in [-0.2, 0) is 15.0 Å². The molecule has 1 heterocycles. The van der Waals surface area contributed by atoms with E-state index in [4.69, 9.17) is 9.26 Å². The molecule has 0 aliphatic rings. The smallest absolute Gasteiger partial charge is 0.238 e. The lowest BCUT2D eigenvalue weighted by Crippen LogP contribution is -2.31. The lowest BCUT2D eigenvalue weighted by molar-refractivity contribution is -0.118. The van der Waals surface area contributed by atoms with Gasteiger partial charge in [-0.05, 0) is 37.0 Å². The molecule has 2 aromatic rings. The summed E-state index contributed by atoms with van der Waals surface area (Å²) in [5.41, 5.74) is 1.35. The number of nitrogens with zero attached hydrogens (tertiary/aromatic N) is 1. The highest BCUT2D eigenvalue weighted by molar-refractivity contribution is 8.01. The molecule has 0 saturated heterocycles. The fourth-order valence-electron chi connectivity index (χ4n) is 2.39. The quantitative estimate of drug-likeness (QED) is 0.604. The zero-order valence-corrected chi connectivity index (χ0v) is 18.4. The van der Waals surface area contributed by atoms with Crippen molar-refractivity contribution in [2.24, 2.45) is 0 Å². The number of rotatable bonds is 9. The number of thioether (sulfide) groups is 1. The molecule has 0 aliphatic carbocycles. The van der Waals surface area contributed by atoms with E-state index in [0.29, 0.717) is 24.7 Å². The van der Waals surface area contributed by atoms with E-state index in [1.165, 1.54) is 17.3 Å². The first-order valence-electron chi connectivity index (χ1n) is 9.51. The zero-order chi connectivity index (χ0) is 21.4. The molecule has 0 spiro atoms. The number of hydrogen-bond donors (Lipinski definition) is 2. The molecule has 0 radical (unpaired) electrons. The molecule has 7 nitrogen and oxygen atoms in total. The Morgan fingerprint density at radius 2 is 1.93 bits per heavy atom. The maximum Gasteiger partial charge on any atom is 0.238 e. The highest BCUT2D eigenvalue weighted by atomic mass is 32.2. The Morgan fingerprint density at radius 1 is 1.24 bits per heavy atom. The standard InChI is InChI=1S/C21H29N3O4S/c1-14-12-18(24-28-14)23-20(26)15(2)29-13-19(25)22-10-11-27-17-8-6-16(7-9-17)21(3,4)5/h6-9,12,15H,10-11,13H2,1-5H3,(H,22,25)(H,23,24,26)/t15-/m0/s1. The van der Waals surface area contributed by atoms with Crippen LogP contribution in [0.2, 0.25) is 0 Å². The van der Waals surface area contributed by atoms with E-state index in [1.807, 2.05) is 12.1 Å². The number of anilines is 1. The van der Waals surface area contributed by atoms with Gasteiger partial charge in [-0.3, -0.25) is 9.59 Å². The maximum absolute atomic E-state index is 12.1. The van der Waals surface area contributed by atoms with Gasteiger partial charge in [-0.15, -0.1) is 11.8 Å². The number of carbonyl (C=O) groups excluding carboxylic acids is 2. The summed E-state index contributed by atoms with van der Waals surface area (Å²) in [6.45, 7) is 10.8. The van der Waals surface area contributed by atoms with E-state index < -0.39 is 5.25 Å². The Kier molecular flexibility index (Phi) is 8.13. The van der Waals surface area contributed by atoms with Crippen molar-refractivity contribution in [3.63, 3.8) is 0 Å². The van der Waals surface area contributed by atoms with Crippen molar-refractivity contribution >= 4 is 29.4 Å². The first-order chi connectivity index (χ1) is 13.6. The Labute approximate surface area is 175 Å². The van der Waals surface area contributed by atoms with Crippen molar-refractivity contribution in [3.8, 4) is 5.75 Å². The van der Waals surface area contributed by atoms with E-state index in [1.54, 1.807) is 19.9 Å². The predicted octanol–water partition coefficient (Wildman–Crippen LogP) is 3.54. The number of ether oxygens (including phenoxy) is 1. The third-order valence-corrected chi connectivity index (χ3v) is 5.27. The summed E-state index contributed by atoms with van der Waals surface area (Å²) in [5, 5.41) is 8.77. The van der Waals surface area contributed by atoms with Crippen LogP contribution >= 0.6 is 11.8 Å². The summed E-state index contributed by atoms with van der Waals surface area (Å²) in [4.78, 5) is 24.0. The van der Waals surface area contributed by atoms with Gasteiger partial charge in [0.05, 0.1) is 17.5 Å². The molecular weight excluding hydrogens is 390 g/mol. The third-order valence-electron chi connectivity index (χ3n) is 4.13. The minimum absolute atomic E-state index is 0.103. The SMILES string of the molecule is Cc1cc(NC(=O)[C@H](C)SCC(=O)NCCOc2ccc(C(C)(C)C)cc2)no1. The predicted molar refractivity (Wildman–Crippen MR) is 115 cm³/mol. The molecular formula is C21H29N3O4S. The van der Waals surface area contributed by atoms with Gasteiger partial charge >= 0.3 is 0 Å². The molecule has 0 aliphatic heterocycles. The van der Waals surface area contributed by atoms with Gasteiger partial charge in [0.1, 0.15) is 18.1 Å². The van der Waals surface area contributed by atoms with Crippen molar-refractivity contribution in [2.45, 2.75) is 45.3 Å².